The number of nitrogens with one attached hydrogen (secondary N) is 1. The van der Waals surface area contributed by atoms with Crippen LogP contribution in [-0.2, 0) is 10.0 Å². The van der Waals surface area contributed by atoms with E-state index in [1.807, 2.05) is 26.0 Å². The van der Waals surface area contributed by atoms with Crippen molar-refractivity contribution in [3.05, 3.63) is 29.8 Å². The van der Waals surface area contributed by atoms with E-state index >= 15 is 0 Å². The monoisotopic (exact) mass is 227 g/mol. The molecule has 0 aliphatic carbocycles. The van der Waals surface area contributed by atoms with Gasteiger partial charge in [0.25, 0.3) is 0 Å². The summed E-state index contributed by atoms with van der Waals surface area (Å²) in [6.45, 7) is 5.53. The Morgan fingerprint density at radius 2 is 1.80 bits per heavy atom. The van der Waals surface area contributed by atoms with E-state index in [1.54, 1.807) is 19.1 Å². The summed E-state index contributed by atoms with van der Waals surface area (Å²) in [6.07, 6.45) is 0.612. The number of sulfonamides is 1. The molecule has 0 radical (unpaired) electrons. The van der Waals surface area contributed by atoms with Crippen molar-refractivity contribution in [2.75, 3.05) is 4.72 Å². The molecule has 0 aliphatic heterocycles. The Balaban J connectivity index is 2.82. The lowest BCUT2D eigenvalue weighted by Gasteiger charge is -2.12. The molecule has 4 heteroatoms. The number of rotatable bonds is 4. The smallest absolute Gasteiger partial charge is 0.235 e. The first-order valence-electron chi connectivity index (χ1n) is 5.04. The van der Waals surface area contributed by atoms with Crippen molar-refractivity contribution < 1.29 is 8.42 Å². The molecule has 0 saturated heterocycles. The first-order chi connectivity index (χ1) is 6.95. The molecule has 1 atom stereocenters. The van der Waals surface area contributed by atoms with Gasteiger partial charge in [0, 0.05) is 5.69 Å². The summed E-state index contributed by atoms with van der Waals surface area (Å²) in [6, 6.07) is 7.31. The van der Waals surface area contributed by atoms with Crippen LogP contribution in [0, 0.1) is 6.92 Å². The molecule has 0 aromatic heterocycles. The van der Waals surface area contributed by atoms with Gasteiger partial charge in [0.05, 0.1) is 5.25 Å². The molecule has 0 saturated carbocycles. The van der Waals surface area contributed by atoms with Crippen LogP contribution in [0.3, 0.4) is 0 Å². The lowest BCUT2D eigenvalue weighted by Crippen LogP contribution is -2.24. The van der Waals surface area contributed by atoms with Gasteiger partial charge >= 0.3 is 0 Å². The highest BCUT2D eigenvalue weighted by molar-refractivity contribution is 7.93. The zero-order chi connectivity index (χ0) is 11.5. The van der Waals surface area contributed by atoms with Gasteiger partial charge in [0.1, 0.15) is 0 Å². The first kappa shape index (κ1) is 12.0. The molecule has 1 aromatic rings. The third-order valence-corrected chi connectivity index (χ3v) is 4.33. The van der Waals surface area contributed by atoms with E-state index in [9.17, 15) is 8.42 Å². The Labute approximate surface area is 91.6 Å². The fourth-order valence-electron chi connectivity index (χ4n) is 1.11. The molecule has 84 valence electrons. The third-order valence-electron chi connectivity index (χ3n) is 2.42. The third kappa shape index (κ3) is 3.23. The molecule has 0 spiro atoms. The molecule has 0 fully saturated rings. The van der Waals surface area contributed by atoms with Crippen molar-refractivity contribution in [3.63, 3.8) is 0 Å². The molecule has 0 heterocycles. The standard InChI is InChI=1S/C11H17NO2S/c1-4-10(3)15(13,14)12-11-7-5-9(2)6-8-11/h5-8,10,12H,4H2,1-3H3/t10-/m1/s1. The predicted octanol–water partition coefficient (Wildman–Crippen LogP) is 2.54. The topological polar surface area (TPSA) is 46.2 Å². The number of benzene rings is 1. The van der Waals surface area contributed by atoms with E-state index < -0.39 is 10.0 Å². The fourth-order valence-corrected chi connectivity index (χ4v) is 2.21. The van der Waals surface area contributed by atoms with Crippen LogP contribution in [0.1, 0.15) is 25.8 Å². The lowest BCUT2D eigenvalue weighted by molar-refractivity contribution is 0.586. The molecule has 3 nitrogen and oxygen atoms in total. The molecule has 0 aliphatic rings. The summed E-state index contributed by atoms with van der Waals surface area (Å²) in [7, 11) is -3.23. The van der Waals surface area contributed by atoms with Gasteiger partial charge in [-0.05, 0) is 32.4 Å². The molecule has 15 heavy (non-hydrogen) atoms. The number of hydrogen-bond acceptors (Lipinski definition) is 2. The van der Waals surface area contributed by atoms with Crippen LogP contribution in [0.2, 0.25) is 0 Å². The summed E-state index contributed by atoms with van der Waals surface area (Å²) in [5, 5.41) is -0.362. The number of anilines is 1. The van der Waals surface area contributed by atoms with Crippen LogP contribution < -0.4 is 4.72 Å². The van der Waals surface area contributed by atoms with Gasteiger partial charge in [0.2, 0.25) is 10.0 Å². The minimum absolute atomic E-state index is 0.362. The van der Waals surface area contributed by atoms with Crippen LogP contribution in [0.15, 0.2) is 24.3 Å². The highest BCUT2D eigenvalue weighted by Crippen LogP contribution is 2.14. The van der Waals surface area contributed by atoms with Crippen molar-refractivity contribution in [1.82, 2.24) is 0 Å². The average molecular weight is 227 g/mol. The SMILES string of the molecule is CC[C@@H](C)S(=O)(=O)Nc1ccc(C)cc1. The van der Waals surface area contributed by atoms with Gasteiger partial charge in [-0.25, -0.2) is 8.42 Å². The minimum Gasteiger partial charge on any atom is -0.283 e. The average Bonchev–Trinajstić information content (AvgIpc) is 2.20. The summed E-state index contributed by atoms with van der Waals surface area (Å²) >= 11 is 0. The molecule has 0 unspecified atom stereocenters. The largest absolute Gasteiger partial charge is 0.283 e. The summed E-state index contributed by atoms with van der Waals surface area (Å²) in [5.74, 6) is 0. The Morgan fingerprint density at radius 1 is 1.27 bits per heavy atom. The molecule has 1 rings (SSSR count). The fraction of sp³-hybridized carbons (Fsp3) is 0.455. The van der Waals surface area contributed by atoms with Crippen LogP contribution in [0.5, 0.6) is 0 Å². The normalized spacial score (nSPS) is 13.5. The highest BCUT2D eigenvalue weighted by atomic mass is 32.2. The Kier molecular flexibility index (Phi) is 3.74. The second-order valence-electron chi connectivity index (χ2n) is 3.73. The van der Waals surface area contributed by atoms with Gasteiger partial charge in [-0.3, -0.25) is 4.72 Å². The molecular formula is C11H17NO2S. The highest BCUT2D eigenvalue weighted by Gasteiger charge is 2.18. The summed E-state index contributed by atoms with van der Waals surface area (Å²) in [5.41, 5.74) is 1.74. The first-order valence-corrected chi connectivity index (χ1v) is 6.58. The maximum absolute atomic E-state index is 11.7. The molecule has 1 N–H and O–H groups in total. The maximum atomic E-state index is 11.7. The zero-order valence-electron chi connectivity index (χ0n) is 9.32. The van der Waals surface area contributed by atoms with Crippen molar-refractivity contribution >= 4 is 15.7 Å². The van der Waals surface area contributed by atoms with Crippen molar-refractivity contribution in [1.29, 1.82) is 0 Å². The maximum Gasteiger partial charge on any atom is 0.235 e. The van der Waals surface area contributed by atoms with E-state index in [-0.39, 0.29) is 5.25 Å². The van der Waals surface area contributed by atoms with E-state index in [2.05, 4.69) is 4.72 Å². The van der Waals surface area contributed by atoms with Crippen molar-refractivity contribution in [2.45, 2.75) is 32.4 Å². The summed E-state index contributed by atoms with van der Waals surface area (Å²) in [4.78, 5) is 0. The Bertz CT molecular complexity index is 409. The Hall–Kier alpha value is -1.03. The van der Waals surface area contributed by atoms with Crippen molar-refractivity contribution in [2.24, 2.45) is 0 Å². The van der Waals surface area contributed by atoms with Gasteiger partial charge in [-0.1, -0.05) is 24.6 Å². The number of hydrogen-bond donors (Lipinski definition) is 1. The van der Waals surface area contributed by atoms with Gasteiger partial charge in [0.15, 0.2) is 0 Å². The predicted molar refractivity (Wildman–Crippen MR) is 63.5 cm³/mol. The van der Waals surface area contributed by atoms with Gasteiger partial charge in [-0.2, -0.15) is 0 Å². The van der Waals surface area contributed by atoms with Crippen LogP contribution in [-0.4, -0.2) is 13.7 Å². The quantitative estimate of drug-likeness (QED) is 0.859. The molecule has 1 aromatic carbocycles. The second-order valence-corrected chi connectivity index (χ2v) is 5.83. The van der Waals surface area contributed by atoms with E-state index in [1.165, 1.54) is 0 Å². The lowest BCUT2D eigenvalue weighted by atomic mass is 10.2. The molecular weight excluding hydrogens is 210 g/mol. The molecule has 0 bridgehead atoms. The van der Waals surface area contributed by atoms with Crippen molar-refractivity contribution in [3.8, 4) is 0 Å². The zero-order valence-corrected chi connectivity index (χ0v) is 10.1. The molecule has 0 amide bonds. The van der Waals surface area contributed by atoms with E-state index in [0.29, 0.717) is 12.1 Å². The van der Waals surface area contributed by atoms with Crippen LogP contribution in [0.4, 0.5) is 5.69 Å². The minimum atomic E-state index is -3.23. The second kappa shape index (κ2) is 4.66. The van der Waals surface area contributed by atoms with Gasteiger partial charge in [-0.15, -0.1) is 0 Å². The van der Waals surface area contributed by atoms with Crippen LogP contribution >= 0.6 is 0 Å². The Morgan fingerprint density at radius 3 is 2.27 bits per heavy atom. The number of aryl methyl sites for hydroxylation is 1. The summed E-state index contributed by atoms with van der Waals surface area (Å²) < 4.78 is 26.0. The van der Waals surface area contributed by atoms with Crippen LogP contribution in [0.25, 0.3) is 0 Å². The van der Waals surface area contributed by atoms with Gasteiger partial charge < -0.3 is 0 Å². The van der Waals surface area contributed by atoms with E-state index in [4.69, 9.17) is 0 Å². The van der Waals surface area contributed by atoms with E-state index in [0.717, 1.165) is 5.56 Å².